The van der Waals surface area contributed by atoms with E-state index >= 15 is 0 Å². The maximum absolute atomic E-state index is 12.5. The first-order chi connectivity index (χ1) is 12.4. The van der Waals surface area contributed by atoms with Crippen LogP contribution in [0.2, 0.25) is 0 Å². The summed E-state index contributed by atoms with van der Waals surface area (Å²) in [5.74, 6) is 1.81. The Hall–Kier alpha value is -2.69. The van der Waals surface area contributed by atoms with E-state index in [1.54, 1.807) is 19.2 Å². The number of para-hydroxylation sites is 2. The molecule has 1 amide bonds. The highest BCUT2D eigenvalue weighted by Crippen LogP contribution is 2.39. The van der Waals surface area contributed by atoms with Crippen LogP contribution in [0.5, 0.6) is 17.2 Å². The molecular weight excluding hydrogens is 330 g/mol. The highest BCUT2D eigenvalue weighted by atomic mass is 16.5. The number of rotatable bonds is 5. The molecule has 0 fully saturated rings. The number of aryl methyl sites for hydroxylation is 1. The molecule has 138 valence electrons. The molecule has 0 radical (unpaired) electrons. The van der Waals surface area contributed by atoms with Crippen molar-refractivity contribution < 1.29 is 19.0 Å². The van der Waals surface area contributed by atoms with Crippen LogP contribution >= 0.6 is 0 Å². The van der Waals surface area contributed by atoms with E-state index in [1.807, 2.05) is 51.1 Å². The van der Waals surface area contributed by atoms with E-state index in [0.29, 0.717) is 17.9 Å². The molecule has 5 heteroatoms. The van der Waals surface area contributed by atoms with Crippen LogP contribution in [0, 0.1) is 6.92 Å². The molecule has 1 atom stereocenters. The lowest BCUT2D eigenvalue weighted by Gasteiger charge is -2.38. The maximum atomic E-state index is 12.5. The second-order valence-corrected chi connectivity index (χ2v) is 7.17. The van der Waals surface area contributed by atoms with E-state index in [-0.39, 0.29) is 24.2 Å². The van der Waals surface area contributed by atoms with Crippen LogP contribution in [-0.4, -0.2) is 25.2 Å². The summed E-state index contributed by atoms with van der Waals surface area (Å²) in [5.41, 5.74) is 1.79. The summed E-state index contributed by atoms with van der Waals surface area (Å²) in [4.78, 5) is 12.5. The van der Waals surface area contributed by atoms with Crippen LogP contribution in [0.15, 0.2) is 42.5 Å². The summed E-state index contributed by atoms with van der Waals surface area (Å²) >= 11 is 0. The predicted molar refractivity (Wildman–Crippen MR) is 99.9 cm³/mol. The fourth-order valence-electron chi connectivity index (χ4n) is 3.20. The number of methoxy groups -OCH3 is 1. The molecule has 0 aromatic heterocycles. The molecule has 2 aromatic rings. The molecule has 0 saturated carbocycles. The van der Waals surface area contributed by atoms with Gasteiger partial charge in [0.15, 0.2) is 18.1 Å². The number of fused-ring (bicyclic) bond motifs is 1. The highest BCUT2D eigenvalue weighted by Gasteiger charge is 2.34. The summed E-state index contributed by atoms with van der Waals surface area (Å²) in [6, 6.07) is 13.2. The fraction of sp³-hybridized carbons (Fsp3) is 0.381. The number of hydrogen-bond acceptors (Lipinski definition) is 4. The first-order valence-corrected chi connectivity index (χ1v) is 8.73. The lowest BCUT2D eigenvalue weighted by molar-refractivity contribution is -0.124. The van der Waals surface area contributed by atoms with Crippen molar-refractivity contribution in [3.8, 4) is 17.2 Å². The van der Waals surface area contributed by atoms with Crippen LogP contribution in [0.25, 0.3) is 0 Å². The topological polar surface area (TPSA) is 56.8 Å². The SMILES string of the molecule is COc1ccccc1OCC(=O)NC1CC(C)(C)Oc2cc(C)ccc21. The van der Waals surface area contributed by atoms with Crippen LogP contribution < -0.4 is 19.5 Å². The number of carbonyl (C=O) groups is 1. The summed E-state index contributed by atoms with van der Waals surface area (Å²) in [7, 11) is 1.57. The van der Waals surface area contributed by atoms with Crippen LogP contribution in [0.4, 0.5) is 0 Å². The minimum atomic E-state index is -0.345. The summed E-state index contributed by atoms with van der Waals surface area (Å²) in [6.07, 6.45) is 0.698. The van der Waals surface area contributed by atoms with Crippen molar-refractivity contribution >= 4 is 5.91 Å². The Labute approximate surface area is 154 Å². The third kappa shape index (κ3) is 4.10. The molecule has 1 aliphatic heterocycles. The van der Waals surface area contributed by atoms with E-state index < -0.39 is 0 Å². The fourth-order valence-corrected chi connectivity index (χ4v) is 3.20. The van der Waals surface area contributed by atoms with Gasteiger partial charge < -0.3 is 19.5 Å². The van der Waals surface area contributed by atoms with Gasteiger partial charge in [-0.15, -0.1) is 0 Å². The molecule has 3 rings (SSSR count). The molecule has 5 nitrogen and oxygen atoms in total. The minimum absolute atomic E-state index is 0.0701. The van der Waals surface area contributed by atoms with Gasteiger partial charge in [-0.3, -0.25) is 4.79 Å². The van der Waals surface area contributed by atoms with Gasteiger partial charge >= 0.3 is 0 Å². The van der Waals surface area contributed by atoms with Crippen molar-refractivity contribution in [2.75, 3.05) is 13.7 Å². The third-order valence-electron chi connectivity index (χ3n) is 4.39. The van der Waals surface area contributed by atoms with Gasteiger partial charge in [-0.25, -0.2) is 0 Å². The van der Waals surface area contributed by atoms with E-state index in [4.69, 9.17) is 14.2 Å². The van der Waals surface area contributed by atoms with Gasteiger partial charge in [0.05, 0.1) is 13.2 Å². The lowest BCUT2D eigenvalue weighted by atomic mass is 9.89. The first kappa shape index (κ1) is 18.1. The molecule has 1 heterocycles. The van der Waals surface area contributed by atoms with Crippen molar-refractivity contribution in [2.45, 2.75) is 38.8 Å². The van der Waals surface area contributed by atoms with Gasteiger partial charge in [0.1, 0.15) is 11.4 Å². The Bertz CT molecular complexity index is 800. The van der Waals surface area contributed by atoms with Gasteiger partial charge in [0.2, 0.25) is 0 Å². The largest absolute Gasteiger partial charge is 0.493 e. The first-order valence-electron chi connectivity index (χ1n) is 8.73. The average Bonchev–Trinajstić information content (AvgIpc) is 2.58. The van der Waals surface area contributed by atoms with Gasteiger partial charge in [-0.2, -0.15) is 0 Å². The summed E-state index contributed by atoms with van der Waals surface area (Å²) < 4.78 is 16.9. The zero-order valence-electron chi connectivity index (χ0n) is 15.7. The Balaban J connectivity index is 1.69. The van der Waals surface area contributed by atoms with E-state index in [1.165, 1.54) is 0 Å². The number of amides is 1. The minimum Gasteiger partial charge on any atom is -0.493 e. The maximum Gasteiger partial charge on any atom is 0.258 e. The number of nitrogens with one attached hydrogen (secondary N) is 1. The van der Waals surface area contributed by atoms with E-state index in [2.05, 4.69) is 5.32 Å². The lowest BCUT2D eigenvalue weighted by Crippen LogP contribution is -2.42. The highest BCUT2D eigenvalue weighted by molar-refractivity contribution is 5.78. The second-order valence-electron chi connectivity index (χ2n) is 7.17. The summed E-state index contributed by atoms with van der Waals surface area (Å²) in [5, 5.41) is 3.07. The van der Waals surface area contributed by atoms with Crippen LogP contribution in [-0.2, 0) is 4.79 Å². The number of hydrogen-bond donors (Lipinski definition) is 1. The quantitative estimate of drug-likeness (QED) is 0.886. The Morgan fingerprint density at radius 1 is 1.23 bits per heavy atom. The average molecular weight is 355 g/mol. The van der Waals surface area contributed by atoms with Crippen molar-refractivity contribution in [3.05, 3.63) is 53.6 Å². The van der Waals surface area contributed by atoms with Crippen molar-refractivity contribution in [3.63, 3.8) is 0 Å². The summed E-state index contributed by atoms with van der Waals surface area (Å²) in [6.45, 7) is 6.02. The van der Waals surface area contributed by atoms with E-state index in [0.717, 1.165) is 16.9 Å². The molecule has 0 saturated heterocycles. The second kappa shape index (κ2) is 7.28. The van der Waals surface area contributed by atoms with Crippen molar-refractivity contribution in [1.29, 1.82) is 0 Å². The predicted octanol–water partition coefficient (Wildman–Crippen LogP) is 3.80. The van der Waals surface area contributed by atoms with Gasteiger partial charge in [0, 0.05) is 12.0 Å². The standard InChI is InChI=1S/C21H25NO4/c1-14-9-10-15-16(12-21(2,3)26-19(15)11-14)22-20(23)13-25-18-8-6-5-7-17(18)24-4/h5-11,16H,12-13H2,1-4H3,(H,22,23). The molecule has 0 spiro atoms. The Morgan fingerprint density at radius 3 is 2.69 bits per heavy atom. The smallest absolute Gasteiger partial charge is 0.258 e. The Morgan fingerprint density at radius 2 is 1.96 bits per heavy atom. The molecular formula is C21H25NO4. The Kier molecular flexibility index (Phi) is 5.07. The van der Waals surface area contributed by atoms with Gasteiger partial charge in [0.25, 0.3) is 5.91 Å². The normalized spacial score (nSPS) is 17.6. The van der Waals surface area contributed by atoms with Gasteiger partial charge in [-0.05, 0) is 44.5 Å². The molecule has 1 aliphatic rings. The number of ether oxygens (including phenoxy) is 3. The van der Waals surface area contributed by atoms with E-state index in [9.17, 15) is 4.79 Å². The molecule has 0 aliphatic carbocycles. The van der Waals surface area contributed by atoms with Gasteiger partial charge in [-0.1, -0.05) is 24.3 Å². The molecule has 1 unspecified atom stereocenters. The van der Waals surface area contributed by atoms with Crippen LogP contribution in [0.1, 0.15) is 37.4 Å². The number of benzene rings is 2. The zero-order chi connectivity index (χ0) is 18.7. The molecule has 2 aromatic carbocycles. The van der Waals surface area contributed by atoms with Crippen LogP contribution in [0.3, 0.4) is 0 Å². The van der Waals surface area contributed by atoms with Crippen molar-refractivity contribution in [1.82, 2.24) is 5.32 Å². The third-order valence-corrected chi connectivity index (χ3v) is 4.39. The molecule has 26 heavy (non-hydrogen) atoms. The molecule has 0 bridgehead atoms. The zero-order valence-corrected chi connectivity index (χ0v) is 15.7. The number of carbonyl (C=O) groups excluding carboxylic acids is 1. The van der Waals surface area contributed by atoms with Crippen molar-refractivity contribution in [2.24, 2.45) is 0 Å². The monoisotopic (exact) mass is 355 g/mol. The molecule has 1 N–H and O–H groups in total.